The van der Waals surface area contributed by atoms with Crippen LogP contribution in [0.2, 0.25) is 0 Å². The predicted octanol–water partition coefficient (Wildman–Crippen LogP) is 3.08. The number of nitrogens with zero attached hydrogens (tertiary/aromatic N) is 1. The van der Waals surface area contributed by atoms with Crippen molar-refractivity contribution in [3.05, 3.63) is 23.4 Å². The summed E-state index contributed by atoms with van der Waals surface area (Å²) in [7, 11) is 0. The van der Waals surface area contributed by atoms with Crippen molar-refractivity contribution in [2.24, 2.45) is 5.92 Å². The number of carboxylic acid groups (broad SMARTS) is 1. The van der Waals surface area contributed by atoms with Crippen LogP contribution >= 0.6 is 0 Å². The van der Waals surface area contributed by atoms with E-state index in [-0.39, 0.29) is 0 Å². The van der Waals surface area contributed by atoms with Crippen LogP contribution in [-0.2, 0) is 0 Å². The van der Waals surface area contributed by atoms with Crippen LogP contribution in [0.25, 0.3) is 0 Å². The van der Waals surface area contributed by atoms with E-state index < -0.39 is 5.97 Å². The normalized spacial score (nSPS) is 16.3. The zero-order valence-corrected chi connectivity index (χ0v) is 10.9. The van der Waals surface area contributed by atoms with Crippen molar-refractivity contribution < 1.29 is 9.90 Å². The highest BCUT2D eigenvalue weighted by molar-refractivity contribution is 5.94. The third-order valence-corrected chi connectivity index (χ3v) is 3.52. The summed E-state index contributed by atoms with van der Waals surface area (Å²) in [4.78, 5) is 15.5. The number of carbonyl (C=O) groups is 1. The summed E-state index contributed by atoms with van der Waals surface area (Å²) in [6.45, 7) is 3.93. The molecule has 98 valence electrons. The van der Waals surface area contributed by atoms with Gasteiger partial charge in [0.25, 0.3) is 0 Å². The summed E-state index contributed by atoms with van der Waals surface area (Å²) in [6, 6.07) is 2.06. The standard InChI is InChI=1S/C14H20N2O2/c1-3-11(8-10-4-5-10)16-13-12(14(17)18)9(2)6-7-15-13/h6-7,10-11H,3-5,8H2,1-2H3,(H,15,16)(H,17,18). The molecule has 1 aromatic heterocycles. The van der Waals surface area contributed by atoms with Gasteiger partial charge in [0.1, 0.15) is 11.4 Å². The molecule has 2 rings (SSSR count). The van der Waals surface area contributed by atoms with Crippen molar-refractivity contribution in [1.29, 1.82) is 0 Å². The maximum atomic E-state index is 11.3. The maximum Gasteiger partial charge on any atom is 0.339 e. The molecule has 0 aliphatic heterocycles. The molecule has 1 fully saturated rings. The molecular weight excluding hydrogens is 228 g/mol. The molecule has 1 aromatic rings. The summed E-state index contributed by atoms with van der Waals surface area (Å²) >= 11 is 0. The first kappa shape index (κ1) is 12.9. The van der Waals surface area contributed by atoms with Crippen LogP contribution in [0.5, 0.6) is 0 Å². The van der Waals surface area contributed by atoms with Crippen LogP contribution in [-0.4, -0.2) is 22.1 Å². The number of aromatic nitrogens is 1. The molecule has 0 amide bonds. The minimum Gasteiger partial charge on any atom is -0.478 e. The van der Waals surface area contributed by atoms with Crippen molar-refractivity contribution in [3.8, 4) is 0 Å². The Balaban J connectivity index is 2.15. The lowest BCUT2D eigenvalue weighted by atomic mass is 10.1. The van der Waals surface area contributed by atoms with E-state index in [1.807, 2.05) is 0 Å². The molecule has 1 aliphatic carbocycles. The summed E-state index contributed by atoms with van der Waals surface area (Å²) in [5, 5.41) is 12.5. The highest BCUT2D eigenvalue weighted by Gasteiger charge is 2.25. The van der Waals surface area contributed by atoms with E-state index in [0.29, 0.717) is 17.4 Å². The number of anilines is 1. The van der Waals surface area contributed by atoms with Gasteiger partial charge in [-0.3, -0.25) is 0 Å². The Hall–Kier alpha value is -1.58. The van der Waals surface area contributed by atoms with E-state index in [1.165, 1.54) is 12.8 Å². The van der Waals surface area contributed by atoms with Crippen LogP contribution in [0.15, 0.2) is 12.3 Å². The van der Waals surface area contributed by atoms with Gasteiger partial charge in [-0.25, -0.2) is 9.78 Å². The zero-order valence-electron chi connectivity index (χ0n) is 10.9. The number of pyridine rings is 1. The Bertz CT molecular complexity index is 441. The van der Waals surface area contributed by atoms with Gasteiger partial charge in [-0.1, -0.05) is 19.8 Å². The fourth-order valence-corrected chi connectivity index (χ4v) is 2.21. The largest absolute Gasteiger partial charge is 0.478 e. The third-order valence-electron chi connectivity index (χ3n) is 3.52. The second-order valence-corrected chi connectivity index (χ2v) is 5.09. The second-order valence-electron chi connectivity index (χ2n) is 5.09. The van der Waals surface area contributed by atoms with Gasteiger partial charge in [-0.05, 0) is 37.3 Å². The average molecular weight is 248 g/mol. The van der Waals surface area contributed by atoms with Crippen LogP contribution in [0.3, 0.4) is 0 Å². The van der Waals surface area contributed by atoms with E-state index >= 15 is 0 Å². The van der Waals surface area contributed by atoms with E-state index in [2.05, 4.69) is 17.2 Å². The Labute approximate surface area is 107 Å². The molecular formula is C14H20N2O2. The number of hydrogen-bond donors (Lipinski definition) is 2. The summed E-state index contributed by atoms with van der Waals surface area (Å²) in [5.41, 5.74) is 1.05. The quantitative estimate of drug-likeness (QED) is 0.812. The first-order chi connectivity index (χ1) is 8.61. The summed E-state index contributed by atoms with van der Waals surface area (Å²) in [5.74, 6) is 0.417. The SMILES string of the molecule is CCC(CC1CC1)Nc1nccc(C)c1C(=O)O. The van der Waals surface area contributed by atoms with Crippen molar-refractivity contribution in [3.63, 3.8) is 0 Å². The molecule has 1 aliphatic rings. The number of aromatic carboxylic acids is 1. The van der Waals surface area contributed by atoms with Gasteiger partial charge in [0.2, 0.25) is 0 Å². The molecule has 0 spiro atoms. The highest BCUT2D eigenvalue weighted by atomic mass is 16.4. The lowest BCUT2D eigenvalue weighted by Crippen LogP contribution is -2.22. The molecule has 0 radical (unpaired) electrons. The monoisotopic (exact) mass is 248 g/mol. The van der Waals surface area contributed by atoms with Gasteiger partial charge in [-0.2, -0.15) is 0 Å². The van der Waals surface area contributed by atoms with Gasteiger partial charge >= 0.3 is 5.97 Å². The maximum absolute atomic E-state index is 11.3. The lowest BCUT2D eigenvalue weighted by Gasteiger charge is -2.19. The molecule has 0 saturated heterocycles. The summed E-state index contributed by atoms with van der Waals surface area (Å²) < 4.78 is 0. The van der Waals surface area contributed by atoms with Crippen molar-refractivity contribution >= 4 is 11.8 Å². The van der Waals surface area contributed by atoms with Crippen molar-refractivity contribution in [1.82, 2.24) is 4.98 Å². The van der Waals surface area contributed by atoms with Gasteiger partial charge < -0.3 is 10.4 Å². The lowest BCUT2D eigenvalue weighted by molar-refractivity contribution is 0.0696. The molecule has 0 bridgehead atoms. The fraction of sp³-hybridized carbons (Fsp3) is 0.571. The number of rotatable bonds is 6. The minimum atomic E-state index is -0.913. The Morgan fingerprint density at radius 2 is 2.33 bits per heavy atom. The van der Waals surface area contributed by atoms with Gasteiger partial charge in [0.05, 0.1) is 0 Å². The predicted molar refractivity (Wildman–Crippen MR) is 71.0 cm³/mol. The average Bonchev–Trinajstić information content (AvgIpc) is 3.11. The van der Waals surface area contributed by atoms with Crippen LogP contribution < -0.4 is 5.32 Å². The Kier molecular flexibility index (Phi) is 3.84. The number of carboxylic acids is 1. The van der Waals surface area contributed by atoms with Crippen LogP contribution in [0.4, 0.5) is 5.82 Å². The minimum absolute atomic E-state index is 0.298. The molecule has 18 heavy (non-hydrogen) atoms. The smallest absolute Gasteiger partial charge is 0.339 e. The second kappa shape index (κ2) is 5.38. The fourth-order valence-electron chi connectivity index (χ4n) is 2.21. The van der Waals surface area contributed by atoms with E-state index in [4.69, 9.17) is 0 Å². The van der Waals surface area contributed by atoms with E-state index in [9.17, 15) is 9.90 Å². The van der Waals surface area contributed by atoms with Gasteiger partial charge in [-0.15, -0.1) is 0 Å². The first-order valence-corrected chi connectivity index (χ1v) is 6.57. The number of hydrogen-bond acceptors (Lipinski definition) is 3. The van der Waals surface area contributed by atoms with Crippen LogP contribution in [0, 0.1) is 12.8 Å². The van der Waals surface area contributed by atoms with Crippen molar-refractivity contribution in [2.45, 2.75) is 45.6 Å². The molecule has 2 N–H and O–H groups in total. The van der Waals surface area contributed by atoms with Crippen LogP contribution in [0.1, 0.15) is 48.5 Å². The summed E-state index contributed by atoms with van der Waals surface area (Å²) in [6.07, 6.45) is 6.39. The molecule has 4 heteroatoms. The number of nitrogens with one attached hydrogen (secondary N) is 1. The highest BCUT2D eigenvalue weighted by Crippen LogP contribution is 2.35. The van der Waals surface area contributed by atoms with E-state index in [1.54, 1.807) is 19.2 Å². The zero-order chi connectivity index (χ0) is 13.1. The molecule has 4 nitrogen and oxygen atoms in total. The van der Waals surface area contributed by atoms with Crippen molar-refractivity contribution in [2.75, 3.05) is 5.32 Å². The number of aryl methyl sites for hydroxylation is 1. The molecule has 1 atom stereocenters. The molecule has 1 unspecified atom stereocenters. The Morgan fingerprint density at radius 1 is 1.61 bits per heavy atom. The van der Waals surface area contributed by atoms with Gasteiger partial charge in [0, 0.05) is 12.2 Å². The first-order valence-electron chi connectivity index (χ1n) is 6.57. The van der Waals surface area contributed by atoms with Gasteiger partial charge in [0.15, 0.2) is 0 Å². The molecule has 1 heterocycles. The topological polar surface area (TPSA) is 62.2 Å². The van der Waals surface area contributed by atoms with E-state index in [0.717, 1.165) is 24.3 Å². The molecule has 1 saturated carbocycles. The molecule has 0 aromatic carbocycles. The third kappa shape index (κ3) is 3.00. The Morgan fingerprint density at radius 3 is 2.89 bits per heavy atom.